The molecule has 0 amide bonds. The Morgan fingerprint density at radius 2 is 1.85 bits per heavy atom. The minimum absolute atomic E-state index is 0.352. The molecule has 1 unspecified atom stereocenters. The summed E-state index contributed by atoms with van der Waals surface area (Å²) < 4.78 is 0. The van der Waals surface area contributed by atoms with Crippen molar-refractivity contribution in [2.45, 2.75) is 38.5 Å². The average molecular weight is 357 g/mol. The number of aryl methyl sites for hydroxylation is 1. The Kier molecular flexibility index (Phi) is 5.19. The van der Waals surface area contributed by atoms with Gasteiger partial charge in [-0.2, -0.15) is 0 Å². The summed E-state index contributed by atoms with van der Waals surface area (Å²) in [5.74, 6) is 1.22. The average Bonchev–Trinajstić information content (AvgIpc) is 3.23. The molecule has 4 rings (SSSR count). The van der Waals surface area contributed by atoms with Gasteiger partial charge in [0.2, 0.25) is 0 Å². The Morgan fingerprint density at radius 1 is 0.963 bits per heavy atom. The van der Waals surface area contributed by atoms with Crippen LogP contribution in [-0.2, 0) is 12.8 Å². The first-order valence-electron chi connectivity index (χ1n) is 9.44. The van der Waals surface area contributed by atoms with Gasteiger partial charge in [0.15, 0.2) is 5.82 Å². The number of H-pyrrole nitrogens is 1. The van der Waals surface area contributed by atoms with Gasteiger partial charge in [0.05, 0.1) is 5.52 Å². The quantitative estimate of drug-likeness (QED) is 0.530. The Labute approximate surface area is 158 Å². The van der Waals surface area contributed by atoms with E-state index in [1.807, 2.05) is 12.1 Å². The summed E-state index contributed by atoms with van der Waals surface area (Å²) in [6, 6.07) is 21.4. The summed E-state index contributed by atoms with van der Waals surface area (Å²) in [5, 5.41) is 15.3. The van der Waals surface area contributed by atoms with Crippen LogP contribution in [0.3, 0.4) is 0 Å². The highest BCUT2D eigenvalue weighted by Gasteiger charge is 2.09. The van der Waals surface area contributed by atoms with Gasteiger partial charge < -0.3 is 0 Å². The minimum Gasteiger partial charge on any atom is -0.252 e. The number of aromatic nitrogens is 5. The van der Waals surface area contributed by atoms with E-state index in [4.69, 9.17) is 4.98 Å². The molecule has 5 heteroatoms. The number of rotatable bonds is 7. The predicted octanol–water partition coefficient (Wildman–Crippen LogP) is 4.47. The van der Waals surface area contributed by atoms with Gasteiger partial charge in [-0.05, 0) is 52.9 Å². The topological polar surface area (TPSA) is 67.3 Å². The second-order valence-electron chi connectivity index (χ2n) is 7.07. The summed E-state index contributed by atoms with van der Waals surface area (Å²) in [4.78, 5) is 4.79. The van der Waals surface area contributed by atoms with Crippen LogP contribution in [-0.4, -0.2) is 25.6 Å². The molecular formula is C22H23N5. The molecule has 0 saturated carbocycles. The fourth-order valence-corrected chi connectivity index (χ4v) is 3.44. The van der Waals surface area contributed by atoms with Crippen LogP contribution in [0.5, 0.6) is 0 Å². The van der Waals surface area contributed by atoms with Crippen molar-refractivity contribution >= 4 is 10.9 Å². The first-order valence-corrected chi connectivity index (χ1v) is 9.44. The fourth-order valence-electron chi connectivity index (χ4n) is 3.44. The van der Waals surface area contributed by atoms with Crippen LogP contribution >= 0.6 is 0 Å². The van der Waals surface area contributed by atoms with Crippen LogP contribution in [0.15, 0.2) is 60.7 Å². The zero-order valence-electron chi connectivity index (χ0n) is 15.5. The van der Waals surface area contributed by atoms with Gasteiger partial charge in [-0.3, -0.25) is 4.98 Å². The van der Waals surface area contributed by atoms with Crippen LogP contribution < -0.4 is 0 Å². The highest BCUT2D eigenvalue weighted by atomic mass is 15.5. The number of benzene rings is 2. The first-order chi connectivity index (χ1) is 13.3. The summed E-state index contributed by atoms with van der Waals surface area (Å²) >= 11 is 0. The normalized spacial score (nSPS) is 12.3. The molecule has 0 aliphatic heterocycles. The van der Waals surface area contributed by atoms with Gasteiger partial charge in [-0.15, -0.1) is 5.10 Å². The van der Waals surface area contributed by atoms with Crippen molar-refractivity contribution in [3.8, 4) is 0 Å². The van der Waals surface area contributed by atoms with E-state index in [0.717, 1.165) is 42.7 Å². The molecule has 136 valence electrons. The molecule has 0 aliphatic carbocycles. The number of hydrogen-bond donors (Lipinski definition) is 1. The molecule has 2 aromatic heterocycles. The molecule has 4 aromatic rings. The summed E-state index contributed by atoms with van der Waals surface area (Å²) in [6.07, 6.45) is 4.09. The standard InChI is InChI=1S/C22H23N5/c1-16(22-24-26-27-25-22)6-4-7-17-8-5-9-18(14-17)15-20-13-12-19-10-2-3-11-21(19)23-20/h2-3,5,8-14,16H,4,6-7,15H2,1H3,(H,24,25,26,27). The van der Waals surface area contributed by atoms with E-state index >= 15 is 0 Å². The molecule has 0 bridgehead atoms. The van der Waals surface area contributed by atoms with Gasteiger partial charge in [0.25, 0.3) is 0 Å². The Bertz CT molecular complexity index is 1010. The minimum atomic E-state index is 0.352. The van der Waals surface area contributed by atoms with Crippen molar-refractivity contribution in [1.29, 1.82) is 0 Å². The first kappa shape index (κ1) is 17.3. The second-order valence-corrected chi connectivity index (χ2v) is 7.07. The number of nitrogens with one attached hydrogen (secondary N) is 1. The highest BCUT2D eigenvalue weighted by molar-refractivity contribution is 5.78. The predicted molar refractivity (Wildman–Crippen MR) is 107 cm³/mol. The van der Waals surface area contributed by atoms with E-state index in [0.29, 0.717) is 5.92 Å². The van der Waals surface area contributed by atoms with Crippen molar-refractivity contribution in [2.75, 3.05) is 0 Å². The maximum atomic E-state index is 4.79. The summed E-state index contributed by atoms with van der Waals surface area (Å²) in [6.45, 7) is 2.16. The lowest BCUT2D eigenvalue weighted by molar-refractivity contribution is 0.603. The van der Waals surface area contributed by atoms with E-state index in [1.165, 1.54) is 16.5 Å². The number of pyridine rings is 1. The molecule has 27 heavy (non-hydrogen) atoms. The van der Waals surface area contributed by atoms with E-state index in [1.54, 1.807) is 0 Å². The lowest BCUT2D eigenvalue weighted by atomic mass is 9.98. The van der Waals surface area contributed by atoms with Crippen molar-refractivity contribution in [1.82, 2.24) is 25.6 Å². The molecule has 5 nitrogen and oxygen atoms in total. The van der Waals surface area contributed by atoms with Crippen LogP contribution in [0.1, 0.15) is 48.3 Å². The van der Waals surface area contributed by atoms with Gasteiger partial charge in [-0.25, -0.2) is 5.10 Å². The van der Waals surface area contributed by atoms with Gasteiger partial charge in [0.1, 0.15) is 0 Å². The molecule has 2 aromatic carbocycles. The maximum absolute atomic E-state index is 4.79. The van der Waals surface area contributed by atoms with Gasteiger partial charge >= 0.3 is 0 Å². The zero-order valence-corrected chi connectivity index (χ0v) is 15.5. The molecule has 0 radical (unpaired) electrons. The van der Waals surface area contributed by atoms with Crippen molar-refractivity contribution < 1.29 is 0 Å². The zero-order chi connectivity index (χ0) is 18.5. The molecular weight excluding hydrogens is 334 g/mol. The fraction of sp³-hybridized carbons (Fsp3) is 0.273. The molecule has 2 heterocycles. The maximum Gasteiger partial charge on any atom is 0.151 e. The number of para-hydroxylation sites is 1. The highest BCUT2D eigenvalue weighted by Crippen LogP contribution is 2.19. The lowest BCUT2D eigenvalue weighted by Crippen LogP contribution is -1.98. The summed E-state index contributed by atoms with van der Waals surface area (Å²) in [7, 11) is 0. The number of fused-ring (bicyclic) bond motifs is 1. The Hall–Kier alpha value is -3.08. The SMILES string of the molecule is CC(CCCc1cccc(Cc2ccc3ccccc3n2)c1)c1nnn[nH]1. The molecule has 0 saturated heterocycles. The van der Waals surface area contributed by atoms with Gasteiger partial charge in [0, 0.05) is 23.4 Å². The summed E-state index contributed by atoms with van der Waals surface area (Å²) in [5.41, 5.74) is 4.85. The molecule has 0 aliphatic rings. The van der Waals surface area contributed by atoms with Crippen molar-refractivity contribution in [2.24, 2.45) is 0 Å². The van der Waals surface area contributed by atoms with Crippen LogP contribution in [0.4, 0.5) is 0 Å². The van der Waals surface area contributed by atoms with Crippen LogP contribution in [0, 0.1) is 0 Å². The third-order valence-corrected chi connectivity index (χ3v) is 4.96. The van der Waals surface area contributed by atoms with Gasteiger partial charge in [-0.1, -0.05) is 55.5 Å². The molecule has 0 spiro atoms. The molecule has 1 atom stereocenters. The number of tetrazole rings is 1. The van der Waals surface area contributed by atoms with E-state index in [2.05, 4.69) is 76.1 Å². The Morgan fingerprint density at radius 3 is 2.74 bits per heavy atom. The lowest BCUT2D eigenvalue weighted by Gasteiger charge is -2.09. The number of hydrogen-bond acceptors (Lipinski definition) is 4. The van der Waals surface area contributed by atoms with Crippen molar-refractivity contribution in [3.63, 3.8) is 0 Å². The van der Waals surface area contributed by atoms with E-state index in [-0.39, 0.29) is 0 Å². The van der Waals surface area contributed by atoms with Crippen molar-refractivity contribution in [3.05, 3.63) is 83.3 Å². The smallest absolute Gasteiger partial charge is 0.151 e. The third kappa shape index (κ3) is 4.37. The number of aromatic amines is 1. The van der Waals surface area contributed by atoms with Crippen LogP contribution in [0.2, 0.25) is 0 Å². The molecule has 0 fully saturated rings. The monoisotopic (exact) mass is 357 g/mol. The molecule has 1 N–H and O–H groups in total. The largest absolute Gasteiger partial charge is 0.252 e. The van der Waals surface area contributed by atoms with E-state index < -0.39 is 0 Å². The number of nitrogens with zero attached hydrogens (tertiary/aromatic N) is 4. The van der Waals surface area contributed by atoms with Crippen LogP contribution in [0.25, 0.3) is 10.9 Å². The van der Waals surface area contributed by atoms with E-state index in [9.17, 15) is 0 Å². The third-order valence-electron chi connectivity index (χ3n) is 4.96. The second kappa shape index (κ2) is 8.08. The Balaban J connectivity index is 1.38.